The van der Waals surface area contributed by atoms with Gasteiger partial charge in [0.2, 0.25) is 0 Å². The van der Waals surface area contributed by atoms with Gasteiger partial charge in [0.15, 0.2) is 0 Å². The van der Waals surface area contributed by atoms with Crippen LogP contribution in [0.5, 0.6) is 0 Å². The van der Waals surface area contributed by atoms with Crippen molar-refractivity contribution in [1.82, 2.24) is 4.98 Å². The molecule has 3 rings (SSSR count). The first-order chi connectivity index (χ1) is 13.4. The fourth-order valence-electron chi connectivity index (χ4n) is 2.92. The number of nitrogens with one attached hydrogen (secondary N) is 2. The molecule has 0 aliphatic rings. The number of benzene rings is 2. The van der Waals surface area contributed by atoms with Crippen LogP contribution < -0.4 is 10.6 Å². The molecule has 1 amide bonds. The Kier molecular flexibility index (Phi) is 5.42. The van der Waals surface area contributed by atoms with Crippen molar-refractivity contribution in [2.24, 2.45) is 0 Å². The number of hydrogen-bond donors (Lipinski definition) is 2. The summed E-state index contributed by atoms with van der Waals surface area (Å²) in [7, 11) is 0. The molecule has 0 atom stereocenters. The molecule has 0 bridgehead atoms. The zero-order chi connectivity index (χ0) is 20.1. The lowest BCUT2D eigenvalue weighted by Crippen LogP contribution is -2.18. The van der Waals surface area contributed by atoms with E-state index in [2.05, 4.69) is 42.5 Å². The molecular weight excluding hydrogens is 348 g/mol. The summed E-state index contributed by atoms with van der Waals surface area (Å²) in [6, 6.07) is 18.8. The van der Waals surface area contributed by atoms with E-state index < -0.39 is 0 Å². The molecule has 0 saturated heterocycles. The molecule has 0 fully saturated rings. The first-order valence-corrected chi connectivity index (χ1v) is 9.00. The summed E-state index contributed by atoms with van der Waals surface area (Å²) in [5.74, 6) is -0.235. The molecule has 3 aromatic rings. The lowest BCUT2D eigenvalue weighted by atomic mass is 9.86. The quantitative estimate of drug-likeness (QED) is 0.658. The van der Waals surface area contributed by atoms with Crippen molar-refractivity contribution in [3.8, 4) is 6.07 Å². The van der Waals surface area contributed by atoms with Crippen LogP contribution in [0.15, 0.2) is 67.0 Å². The number of aromatic nitrogens is 1. The topological polar surface area (TPSA) is 77.8 Å². The summed E-state index contributed by atoms with van der Waals surface area (Å²) in [6.45, 7) is 6.32. The third kappa shape index (κ3) is 4.36. The standard InChI is InChI=1S/C23H22N4O/c1-23(2,3)19-9-5-7-11-21(19)27-22(28)17-12-18(15-25-14-17)26-20-10-6-4-8-16(20)13-24/h4-12,14-15,26H,1-3H3,(H,27,28). The molecule has 5 nitrogen and oxygen atoms in total. The highest BCUT2D eigenvalue weighted by atomic mass is 16.1. The van der Waals surface area contributed by atoms with Crippen LogP contribution in [-0.4, -0.2) is 10.9 Å². The Labute approximate surface area is 165 Å². The first kappa shape index (κ1) is 19.1. The average molecular weight is 370 g/mol. The fraction of sp³-hybridized carbons (Fsp3) is 0.174. The number of carbonyl (C=O) groups is 1. The number of rotatable bonds is 4. The second kappa shape index (κ2) is 7.93. The van der Waals surface area contributed by atoms with Crippen molar-refractivity contribution in [3.05, 3.63) is 83.7 Å². The van der Waals surface area contributed by atoms with Crippen LogP contribution in [0.2, 0.25) is 0 Å². The molecule has 0 radical (unpaired) electrons. The Morgan fingerprint density at radius 1 is 1.00 bits per heavy atom. The smallest absolute Gasteiger partial charge is 0.257 e. The van der Waals surface area contributed by atoms with Crippen molar-refractivity contribution >= 4 is 23.0 Å². The third-order valence-corrected chi connectivity index (χ3v) is 4.31. The molecule has 0 unspecified atom stereocenters. The largest absolute Gasteiger partial charge is 0.353 e. The van der Waals surface area contributed by atoms with Gasteiger partial charge in [-0.15, -0.1) is 0 Å². The molecular formula is C23H22N4O. The van der Waals surface area contributed by atoms with E-state index in [4.69, 9.17) is 0 Å². The van der Waals surface area contributed by atoms with E-state index in [-0.39, 0.29) is 11.3 Å². The third-order valence-electron chi connectivity index (χ3n) is 4.31. The molecule has 5 heteroatoms. The molecule has 1 heterocycles. The maximum Gasteiger partial charge on any atom is 0.257 e. The number of amides is 1. The molecule has 2 aromatic carbocycles. The number of hydrogen-bond acceptors (Lipinski definition) is 4. The van der Waals surface area contributed by atoms with Gasteiger partial charge in [-0.25, -0.2) is 0 Å². The van der Waals surface area contributed by atoms with E-state index >= 15 is 0 Å². The van der Waals surface area contributed by atoms with E-state index in [1.54, 1.807) is 24.4 Å². The minimum absolute atomic E-state index is 0.0907. The number of anilines is 3. The van der Waals surface area contributed by atoms with Gasteiger partial charge in [0.1, 0.15) is 6.07 Å². The number of para-hydroxylation sites is 2. The molecule has 0 saturated carbocycles. The predicted molar refractivity (Wildman–Crippen MR) is 112 cm³/mol. The van der Waals surface area contributed by atoms with Crippen molar-refractivity contribution < 1.29 is 4.79 Å². The summed E-state index contributed by atoms with van der Waals surface area (Å²) in [6.07, 6.45) is 3.14. The van der Waals surface area contributed by atoms with E-state index in [1.165, 1.54) is 6.20 Å². The van der Waals surface area contributed by atoms with Gasteiger partial charge in [-0.05, 0) is 35.2 Å². The summed E-state index contributed by atoms with van der Waals surface area (Å²) in [5, 5.41) is 15.4. The minimum atomic E-state index is -0.235. The average Bonchev–Trinajstić information content (AvgIpc) is 2.68. The van der Waals surface area contributed by atoms with E-state index in [0.29, 0.717) is 22.5 Å². The van der Waals surface area contributed by atoms with E-state index in [9.17, 15) is 10.1 Å². The van der Waals surface area contributed by atoms with Crippen molar-refractivity contribution in [2.45, 2.75) is 26.2 Å². The number of carbonyl (C=O) groups excluding carboxylic acids is 1. The molecule has 2 N–H and O–H groups in total. The summed E-state index contributed by atoms with van der Waals surface area (Å²) in [4.78, 5) is 17.0. The number of nitrogens with zero attached hydrogens (tertiary/aromatic N) is 2. The lowest BCUT2D eigenvalue weighted by molar-refractivity contribution is 0.102. The lowest BCUT2D eigenvalue weighted by Gasteiger charge is -2.23. The van der Waals surface area contributed by atoms with Crippen LogP contribution in [0.25, 0.3) is 0 Å². The zero-order valence-electron chi connectivity index (χ0n) is 16.2. The van der Waals surface area contributed by atoms with Crippen LogP contribution >= 0.6 is 0 Å². The van der Waals surface area contributed by atoms with Gasteiger partial charge in [0.25, 0.3) is 5.91 Å². The van der Waals surface area contributed by atoms with Crippen molar-refractivity contribution in [1.29, 1.82) is 5.26 Å². The van der Waals surface area contributed by atoms with Crippen LogP contribution in [0.1, 0.15) is 42.3 Å². The second-order valence-corrected chi connectivity index (χ2v) is 7.49. The van der Waals surface area contributed by atoms with Crippen molar-refractivity contribution in [3.63, 3.8) is 0 Å². The normalized spacial score (nSPS) is 10.8. The summed E-state index contributed by atoms with van der Waals surface area (Å²) < 4.78 is 0. The Morgan fingerprint density at radius 3 is 2.39 bits per heavy atom. The van der Waals surface area contributed by atoms with Gasteiger partial charge in [0.05, 0.1) is 28.7 Å². The van der Waals surface area contributed by atoms with Crippen LogP contribution in [0, 0.1) is 11.3 Å². The Morgan fingerprint density at radius 2 is 1.68 bits per heavy atom. The second-order valence-electron chi connectivity index (χ2n) is 7.49. The molecule has 1 aromatic heterocycles. The van der Waals surface area contributed by atoms with Gasteiger partial charge >= 0.3 is 0 Å². The van der Waals surface area contributed by atoms with E-state index in [0.717, 1.165) is 11.3 Å². The molecule has 0 spiro atoms. The maximum absolute atomic E-state index is 12.8. The maximum atomic E-state index is 12.8. The summed E-state index contributed by atoms with van der Waals surface area (Å²) in [5.41, 5.74) is 4.02. The first-order valence-electron chi connectivity index (χ1n) is 9.00. The Balaban J connectivity index is 1.83. The highest BCUT2D eigenvalue weighted by molar-refractivity contribution is 6.05. The molecule has 28 heavy (non-hydrogen) atoms. The molecule has 0 aliphatic heterocycles. The van der Waals surface area contributed by atoms with Gasteiger partial charge in [-0.3, -0.25) is 9.78 Å². The van der Waals surface area contributed by atoms with Gasteiger partial charge in [-0.2, -0.15) is 5.26 Å². The predicted octanol–water partition coefficient (Wildman–Crippen LogP) is 5.25. The Hall–Kier alpha value is -3.65. The minimum Gasteiger partial charge on any atom is -0.353 e. The molecule has 0 aliphatic carbocycles. The van der Waals surface area contributed by atoms with Gasteiger partial charge < -0.3 is 10.6 Å². The van der Waals surface area contributed by atoms with E-state index in [1.807, 2.05) is 36.4 Å². The van der Waals surface area contributed by atoms with Gasteiger partial charge in [0, 0.05) is 11.9 Å². The number of pyridine rings is 1. The highest BCUT2D eigenvalue weighted by Crippen LogP contribution is 2.29. The van der Waals surface area contributed by atoms with Crippen LogP contribution in [0.4, 0.5) is 17.1 Å². The van der Waals surface area contributed by atoms with Crippen molar-refractivity contribution in [2.75, 3.05) is 10.6 Å². The van der Waals surface area contributed by atoms with Crippen LogP contribution in [0.3, 0.4) is 0 Å². The summed E-state index contributed by atoms with van der Waals surface area (Å²) >= 11 is 0. The molecule has 140 valence electrons. The number of nitriles is 1. The van der Waals surface area contributed by atoms with Gasteiger partial charge in [-0.1, -0.05) is 51.1 Å². The highest BCUT2D eigenvalue weighted by Gasteiger charge is 2.19. The zero-order valence-corrected chi connectivity index (χ0v) is 16.2. The Bertz CT molecular complexity index is 1040. The fourth-order valence-corrected chi connectivity index (χ4v) is 2.92. The monoisotopic (exact) mass is 370 g/mol. The SMILES string of the molecule is CC(C)(C)c1ccccc1NC(=O)c1cncc(Nc2ccccc2C#N)c1. The van der Waals surface area contributed by atoms with Crippen LogP contribution in [-0.2, 0) is 5.41 Å².